The van der Waals surface area contributed by atoms with Crippen LogP contribution in [0.15, 0.2) is 6.20 Å². The van der Waals surface area contributed by atoms with Crippen molar-refractivity contribution in [3.05, 3.63) is 11.1 Å². The van der Waals surface area contributed by atoms with Gasteiger partial charge >= 0.3 is 0 Å². The fraction of sp³-hybridized carbons (Fsp3) is 0.643. The standard InChI is InChI=1S/C14H20N4OS/c1-10(2)7-11-8-17-13(20-11)18-12(19)14(9-15)3-5-16-6-4-14/h8,10,16H,3-7H2,1-2H3,(H,17,18,19). The van der Waals surface area contributed by atoms with Crippen molar-refractivity contribution < 1.29 is 4.79 Å². The number of nitrogens with zero attached hydrogens (tertiary/aromatic N) is 2. The molecule has 1 aliphatic rings. The van der Waals surface area contributed by atoms with Crippen LogP contribution in [0.3, 0.4) is 0 Å². The van der Waals surface area contributed by atoms with E-state index in [0.717, 1.165) is 11.3 Å². The summed E-state index contributed by atoms with van der Waals surface area (Å²) in [5.41, 5.74) is -0.908. The Labute approximate surface area is 123 Å². The molecule has 1 fully saturated rings. The molecule has 1 saturated heterocycles. The fourth-order valence-electron chi connectivity index (χ4n) is 2.32. The summed E-state index contributed by atoms with van der Waals surface area (Å²) in [6, 6.07) is 2.20. The number of carbonyl (C=O) groups is 1. The largest absolute Gasteiger partial charge is 0.317 e. The lowest BCUT2D eigenvalue weighted by atomic mass is 9.79. The van der Waals surface area contributed by atoms with Crippen molar-refractivity contribution >= 4 is 22.4 Å². The topological polar surface area (TPSA) is 77.8 Å². The van der Waals surface area contributed by atoms with E-state index < -0.39 is 5.41 Å². The summed E-state index contributed by atoms with van der Waals surface area (Å²) in [5.74, 6) is 0.348. The third kappa shape index (κ3) is 3.35. The first-order chi connectivity index (χ1) is 9.55. The SMILES string of the molecule is CC(C)Cc1cnc(NC(=O)C2(C#N)CCNCC2)s1. The Morgan fingerprint density at radius 2 is 2.30 bits per heavy atom. The van der Waals surface area contributed by atoms with E-state index in [4.69, 9.17) is 0 Å². The quantitative estimate of drug-likeness (QED) is 0.891. The summed E-state index contributed by atoms with van der Waals surface area (Å²) in [6.07, 6.45) is 3.88. The number of hydrogen-bond donors (Lipinski definition) is 2. The van der Waals surface area contributed by atoms with Crippen molar-refractivity contribution in [3.8, 4) is 6.07 Å². The van der Waals surface area contributed by atoms with Gasteiger partial charge in [0.05, 0.1) is 6.07 Å². The van der Waals surface area contributed by atoms with Gasteiger partial charge in [-0.2, -0.15) is 5.26 Å². The summed E-state index contributed by atoms with van der Waals surface area (Å²) < 4.78 is 0. The van der Waals surface area contributed by atoms with Gasteiger partial charge < -0.3 is 10.6 Å². The number of hydrogen-bond acceptors (Lipinski definition) is 5. The molecule has 2 N–H and O–H groups in total. The Morgan fingerprint density at radius 1 is 1.60 bits per heavy atom. The summed E-state index contributed by atoms with van der Waals surface area (Å²) in [7, 11) is 0. The number of thiazole rings is 1. The molecule has 1 aromatic heterocycles. The molecule has 0 radical (unpaired) electrons. The molecular weight excluding hydrogens is 272 g/mol. The van der Waals surface area contributed by atoms with E-state index in [1.165, 1.54) is 11.3 Å². The minimum Gasteiger partial charge on any atom is -0.317 e. The van der Waals surface area contributed by atoms with Crippen molar-refractivity contribution in [3.63, 3.8) is 0 Å². The van der Waals surface area contributed by atoms with Gasteiger partial charge in [0.15, 0.2) is 5.13 Å². The second-order valence-corrected chi connectivity index (χ2v) is 6.74. The monoisotopic (exact) mass is 292 g/mol. The van der Waals surface area contributed by atoms with Gasteiger partial charge in [0, 0.05) is 11.1 Å². The second kappa shape index (κ2) is 6.33. The van der Waals surface area contributed by atoms with E-state index >= 15 is 0 Å². The van der Waals surface area contributed by atoms with E-state index in [-0.39, 0.29) is 5.91 Å². The fourth-order valence-corrected chi connectivity index (χ4v) is 3.34. The maximum Gasteiger partial charge on any atom is 0.246 e. The second-order valence-electron chi connectivity index (χ2n) is 5.63. The number of nitrogens with one attached hydrogen (secondary N) is 2. The molecule has 1 aromatic rings. The summed E-state index contributed by atoms with van der Waals surface area (Å²) in [4.78, 5) is 17.7. The molecule has 20 heavy (non-hydrogen) atoms. The van der Waals surface area contributed by atoms with Crippen LogP contribution >= 0.6 is 11.3 Å². The predicted octanol–water partition coefficient (Wildman–Crippen LogP) is 2.17. The molecule has 1 aliphatic heterocycles. The summed E-state index contributed by atoms with van der Waals surface area (Å²) in [5, 5.41) is 15.9. The average molecular weight is 292 g/mol. The highest BCUT2D eigenvalue weighted by Crippen LogP contribution is 2.30. The molecule has 0 aromatic carbocycles. The number of anilines is 1. The van der Waals surface area contributed by atoms with Crippen LogP contribution in [-0.4, -0.2) is 24.0 Å². The normalized spacial score (nSPS) is 17.7. The van der Waals surface area contributed by atoms with E-state index in [1.54, 1.807) is 0 Å². The van der Waals surface area contributed by atoms with Crippen molar-refractivity contribution in [2.75, 3.05) is 18.4 Å². The van der Waals surface area contributed by atoms with Gasteiger partial charge in [0.25, 0.3) is 0 Å². The Kier molecular flexibility index (Phi) is 4.73. The maximum absolute atomic E-state index is 12.4. The molecule has 108 valence electrons. The highest BCUT2D eigenvalue weighted by Gasteiger charge is 2.40. The van der Waals surface area contributed by atoms with Crippen molar-refractivity contribution in [2.24, 2.45) is 11.3 Å². The van der Waals surface area contributed by atoms with Crippen LogP contribution < -0.4 is 10.6 Å². The highest BCUT2D eigenvalue weighted by atomic mass is 32.1. The Bertz CT molecular complexity index is 511. The Morgan fingerprint density at radius 3 is 2.90 bits per heavy atom. The summed E-state index contributed by atoms with van der Waals surface area (Å²) >= 11 is 1.49. The zero-order chi connectivity index (χ0) is 14.6. The lowest BCUT2D eigenvalue weighted by Gasteiger charge is -2.29. The molecule has 2 rings (SSSR count). The molecule has 0 saturated carbocycles. The molecule has 0 spiro atoms. The van der Waals surface area contributed by atoms with Crippen LogP contribution in [0.1, 0.15) is 31.6 Å². The Balaban J connectivity index is 2.03. The molecule has 0 unspecified atom stereocenters. The predicted molar refractivity (Wildman–Crippen MR) is 79.4 cm³/mol. The zero-order valence-electron chi connectivity index (χ0n) is 11.9. The zero-order valence-corrected chi connectivity index (χ0v) is 12.7. The maximum atomic E-state index is 12.4. The molecule has 0 atom stereocenters. The molecule has 0 bridgehead atoms. The summed E-state index contributed by atoms with van der Waals surface area (Å²) in [6.45, 7) is 5.71. The van der Waals surface area contributed by atoms with E-state index in [1.807, 2.05) is 6.20 Å². The molecule has 1 amide bonds. The number of nitriles is 1. The smallest absolute Gasteiger partial charge is 0.246 e. The lowest BCUT2D eigenvalue weighted by Crippen LogP contribution is -2.44. The van der Waals surface area contributed by atoms with E-state index in [9.17, 15) is 10.1 Å². The number of aromatic nitrogens is 1. The number of carbonyl (C=O) groups excluding carboxylic acids is 1. The minimum absolute atomic E-state index is 0.216. The molecular formula is C14H20N4OS. The highest BCUT2D eigenvalue weighted by molar-refractivity contribution is 7.15. The molecule has 0 aliphatic carbocycles. The Hall–Kier alpha value is -1.45. The molecule has 5 nitrogen and oxygen atoms in total. The van der Waals surface area contributed by atoms with Gasteiger partial charge in [0.2, 0.25) is 5.91 Å². The van der Waals surface area contributed by atoms with Crippen molar-refractivity contribution in [2.45, 2.75) is 33.1 Å². The number of rotatable bonds is 4. The van der Waals surface area contributed by atoms with Crippen molar-refractivity contribution in [1.29, 1.82) is 5.26 Å². The van der Waals surface area contributed by atoms with Crippen LogP contribution in [0.2, 0.25) is 0 Å². The van der Waals surface area contributed by atoms with Crippen LogP contribution in [0.25, 0.3) is 0 Å². The van der Waals surface area contributed by atoms with Gasteiger partial charge in [0.1, 0.15) is 5.41 Å². The van der Waals surface area contributed by atoms with Crippen molar-refractivity contribution in [1.82, 2.24) is 10.3 Å². The van der Waals surface area contributed by atoms with Gasteiger partial charge in [-0.3, -0.25) is 4.79 Å². The number of amides is 1. The minimum atomic E-state index is -0.908. The molecule has 6 heteroatoms. The van der Waals surface area contributed by atoms with Crippen LogP contribution in [0, 0.1) is 22.7 Å². The van der Waals surface area contributed by atoms with E-state index in [0.29, 0.717) is 37.0 Å². The molecule has 2 heterocycles. The van der Waals surface area contributed by atoms with Crippen LogP contribution in [0.4, 0.5) is 5.13 Å². The first kappa shape index (κ1) is 14.9. The lowest BCUT2D eigenvalue weighted by molar-refractivity contribution is -0.123. The van der Waals surface area contributed by atoms with Crippen LogP contribution in [0.5, 0.6) is 0 Å². The first-order valence-corrected chi connectivity index (χ1v) is 7.75. The third-order valence-corrected chi connectivity index (χ3v) is 4.42. The van der Waals surface area contributed by atoms with Gasteiger partial charge in [-0.25, -0.2) is 4.98 Å². The van der Waals surface area contributed by atoms with Gasteiger partial charge in [-0.15, -0.1) is 11.3 Å². The number of piperidine rings is 1. The van der Waals surface area contributed by atoms with E-state index in [2.05, 4.69) is 35.5 Å². The van der Waals surface area contributed by atoms with Gasteiger partial charge in [-0.05, 0) is 38.3 Å². The third-order valence-electron chi connectivity index (χ3n) is 3.49. The van der Waals surface area contributed by atoms with Gasteiger partial charge in [-0.1, -0.05) is 13.8 Å². The average Bonchev–Trinajstić information content (AvgIpc) is 2.85. The first-order valence-electron chi connectivity index (χ1n) is 6.94. The van der Waals surface area contributed by atoms with Crippen LogP contribution in [-0.2, 0) is 11.2 Å².